The highest BCUT2D eigenvalue weighted by atomic mass is 16.2. The Balaban J connectivity index is 1.64. The van der Waals surface area contributed by atoms with E-state index in [2.05, 4.69) is 5.10 Å². The van der Waals surface area contributed by atoms with Crippen LogP contribution in [-0.2, 0) is 11.8 Å². The molecule has 0 N–H and O–H groups in total. The minimum Gasteiger partial charge on any atom is -0.341 e. The molecule has 0 bridgehead atoms. The summed E-state index contributed by atoms with van der Waals surface area (Å²) >= 11 is 0. The third kappa shape index (κ3) is 2.82. The number of imidazole rings is 1. The van der Waals surface area contributed by atoms with Gasteiger partial charge in [-0.05, 0) is 37.1 Å². The lowest BCUT2D eigenvalue weighted by molar-refractivity contribution is -0.132. The third-order valence-electron chi connectivity index (χ3n) is 6.06. The van der Waals surface area contributed by atoms with Crippen molar-refractivity contribution in [3.05, 3.63) is 53.2 Å². The van der Waals surface area contributed by atoms with Crippen LogP contribution in [0.2, 0.25) is 0 Å². The van der Waals surface area contributed by atoms with E-state index < -0.39 is 0 Å². The molecule has 4 aromatic rings. The van der Waals surface area contributed by atoms with Crippen molar-refractivity contribution in [2.75, 3.05) is 13.1 Å². The van der Waals surface area contributed by atoms with E-state index in [9.17, 15) is 9.59 Å². The fourth-order valence-electron chi connectivity index (χ4n) is 4.46. The van der Waals surface area contributed by atoms with Gasteiger partial charge in [0.05, 0.1) is 29.0 Å². The highest BCUT2D eigenvalue weighted by Gasteiger charge is 2.28. The van der Waals surface area contributed by atoms with E-state index in [1.165, 1.54) is 0 Å². The number of likely N-dealkylation sites (tertiary alicyclic amines) is 1. The van der Waals surface area contributed by atoms with Crippen LogP contribution in [0.4, 0.5) is 0 Å². The largest absolute Gasteiger partial charge is 0.341 e. The first-order valence-corrected chi connectivity index (χ1v) is 10.4. The second-order valence-corrected chi connectivity index (χ2v) is 7.83. The molecule has 1 unspecified atom stereocenters. The topological polar surface area (TPSA) is 77.4 Å². The summed E-state index contributed by atoms with van der Waals surface area (Å²) in [6.07, 6.45) is 5.92. The molecule has 1 amide bonds. The van der Waals surface area contributed by atoms with E-state index in [0.29, 0.717) is 18.6 Å². The number of carbonyl (C=O) groups excluding carboxylic acids is 1. The maximum absolute atomic E-state index is 13.1. The molecule has 4 aromatic heterocycles. The van der Waals surface area contributed by atoms with E-state index in [1.54, 1.807) is 22.4 Å². The van der Waals surface area contributed by atoms with Crippen molar-refractivity contribution in [1.29, 1.82) is 0 Å². The number of hydrogen-bond acceptors (Lipinski definition) is 4. The maximum Gasteiger partial charge on any atom is 0.330 e. The summed E-state index contributed by atoms with van der Waals surface area (Å²) in [6.45, 7) is 3.18. The highest BCUT2D eigenvalue weighted by Crippen LogP contribution is 2.28. The van der Waals surface area contributed by atoms with Crippen LogP contribution in [0.1, 0.15) is 32.2 Å². The average Bonchev–Trinajstić information content (AvgIpc) is 3.32. The number of nitrogens with zero attached hydrogens (tertiary/aromatic N) is 6. The van der Waals surface area contributed by atoms with Gasteiger partial charge < -0.3 is 4.90 Å². The number of amides is 1. The molecule has 1 aliphatic heterocycles. The minimum absolute atomic E-state index is 0.0721. The van der Waals surface area contributed by atoms with Gasteiger partial charge in [0, 0.05) is 38.3 Å². The number of rotatable bonds is 3. The lowest BCUT2D eigenvalue weighted by Gasteiger charge is -2.33. The molecule has 1 saturated heterocycles. The van der Waals surface area contributed by atoms with Crippen LogP contribution in [0.25, 0.3) is 27.9 Å². The predicted octanol–water partition coefficient (Wildman–Crippen LogP) is 2.62. The van der Waals surface area contributed by atoms with Crippen molar-refractivity contribution in [1.82, 2.24) is 28.6 Å². The number of aromatic nitrogens is 5. The van der Waals surface area contributed by atoms with Gasteiger partial charge in [-0.3, -0.25) is 13.9 Å². The number of hydrogen-bond donors (Lipinski definition) is 0. The number of aryl methyl sites for hydroxylation is 1. The molecule has 0 aliphatic carbocycles. The normalized spacial score (nSPS) is 17.1. The summed E-state index contributed by atoms with van der Waals surface area (Å²) in [5, 5.41) is 4.41. The number of pyridine rings is 2. The molecule has 0 radical (unpaired) electrons. The van der Waals surface area contributed by atoms with Crippen molar-refractivity contribution in [3.63, 3.8) is 0 Å². The van der Waals surface area contributed by atoms with E-state index in [4.69, 9.17) is 4.98 Å². The van der Waals surface area contributed by atoms with Gasteiger partial charge in [-0.25, -0.2) is 14.3 Å². The fourth-order valence-corrected chi connectivity index (χ4v) is 4.46. The minimum atomic E-state index is -0.0923. The summed E-state index contributed by atoms with van der Waals surface area (Å²) in [5.74, 6) is 0.132. The SMILES string of the molecule is CCC(=O)N1CCCC(n2c(=O)n(C)c3ccc(-c4cnn5ccccc45)nc32)C1. The van der Waals surface area contributed by atoms with Gasteiger partial charge in [-0.1, -0.05) is 13.0 Å². The molecule has 1 aliphatic rings. The summed E-state index contributed by atoms with van der Waals surface area (Å²) in [7, 11) is 1.77. The van der Waals surface area contributed by atoms with Crippen molar-refractivity contribution < 1.29 is 4.79 Å². The molecular formula is C22H24N6O2. The summed E-state index contributed by atoms with van der Waals surface area (Å²) < 4.78 is 5.23. The first kappa shape index (κ1) is 18.6. The van der Waals surface area contributed by atoms with Crippen LogP contribution < -0.4 is 5.69 Å². The average molecular weight is 404 g/mol. The molecule has 8 heteroatoms. The Hall–Kier alpha value is -3.42. The van der Waals surface area contributed by atoms with E-state index in [1.807, 2.05) is 52.9 Å². The van der Waals surface area contributed by atoms with Gasteiger partial charge >= 0.3 is 5.69 Å². The van der Waals surface area contributed by atoms with Crippen LogP contribution in [-0.4, -0.2) is 47.6 Å². The lowest BCUT2D eigenvalue weighted by Crippen LogP contribution is -2.42. The highest BCUT2D eigenvalue weighted by molar-refractivity contribution is 5.82. The molecule has 0 spiro atoms. The zero-order chi connectivity index (χ0) is 20.8. The van der Waals surface area contributed by atoms with Gasteiger partial charge in [0.15, 0.2) is 5.65 Å². The Morgan fingerprint density at radius 1 is 1.20 bits per heavy atom. The van der Waals surface area contributed by atoms with Crippen LogP contribution >= 0.6 is 0 Å². The third-order valence-corrected chi connectivity index (χ3v) is 6.06. The molecule has 1 fully saturated rings. The zero-order valence-electron chi connectivity index (χ0n) is 17.2. The monoisotopic (exact) mass is 404 g/mol. The number of piperidine rings is 1. The Bertz CT molecular complexity index is 1310. The zero-order valence-corrected chi connectivity index (χ0v) is 17.2. The Morgan fingerprint density at radius 3 is 2.90 bits per heavy atom. The Labute approximate surface area is 173 Å². The van der Waals surface area contributed by atoms with Gasteiger partial charge in [-0.15, -0.1) is 0 Å². The van der Waals surface area contributed by atoms with E-state index in [-0.39, 0.29) is 17.6 Å². The van der Waals surface area contributed by atoms with Crippen LogP contribution in [0, 0.1) is 0 Å². The van der Waals surface area contributed by atoms with Crippen LogP contribution in [0.15, 0.2) is 47.5 Å². The smallest absolute Gasteiger partial charge is 0.330 e. The lowest BCUT2D eigenvalue weighted by atomic mass is 10.1. The standard InChI is InChI=1S/C22H24N6O2/c1-3-20(29)26-11-6-7-15(14-26)28-21-19(25(2)22(28)30)10-9-17(24-21)16-13-23-27-12-5-4-8-18(16)27/h4-5,8-10,12-13,15H,3,6-7,11,14H2,1-2H3. The first-order chi connectivity index (χ1) is 14.6. The van der Waals surface area contributed by atoms with Crippen molar-refractivity contribution in [2.45, 2.75) is 32.2 Å². The predicted molar refractivity (Wildman–Crippen MR) is 114 cm³/mol. The van der Waals surface area contributed by atoms with Crippen molar-refractivity contribution in [3.8, 4) is 11.3 Å². The second-order valence-electron chi connectivity index (χ2n) is 7.83. The van der Waals surface area contributed by atoms with Gasteiger partial charge in [0.2, 0.25) is 5.91 Å². The number of carbonyl (C=O) groups is 1. The summed E-state index contributed by atoms with van der Waals surface area (Å²) in [4.78, 5) is 32.1. The molecular weight excluding hydrogens is 380 g/mol. The Kier molecular flexibility index (Phi) is 4.42. The summed E-state index contributed by atoms with van der Waals surface area (Å²) in [5.41, 5.74) is 4.02. The van der Waals surface area contributed by atoms with Crippen molar-refractivity contribution in [2.24, 2.45) is 7.05 Å². The van der Waals surface area contributed by atoms with Gasteiger partial charge in [-0.2, -0.15) is 5.10 Å². The molecule has 1 atom stereocenters. The van der Waals surface area contributed by atoms with Gasteiger partial charge in [0.25, 0.3) is 0 Å². The fraction of sp³-hybridized carbons (Fsp3) is 0.364. The molecule has 5 heterocycles. The Morgan fingerprint density at radius 2 is 2.07 bits per heavy atom. The molecule has 30 heavy (non-hydrogen) atoms. The van der Waals surface area contributed by atoms with Crippen LogP contribution in [0.3, 0.4) is 0 Å². The summed E-state index contributed by atoms with van der Waals surface area (Å²) in [6, 6.07) is 9.71. The molecule has 8 nitrogen and oxygen atoms in total. The molecule has 0 saturated carbocycles. The number of fused-ring (bicyclic) bond motifs is 2. The molecule has 5 rings (SSSR count). The van der Waals surface area contributed by atoms with Crippen molar-refractivity contribution >= 4 is 22.6 Å². The van der Waals surface area contributed by atoms with Crippen LogP contribution in [0.5, 0.6) is 0 Å². The maximum atomic E-state index is 13.1. The second kappa shape index (κ2) is 7.12. The van der Waals surface area contributed by atoms with Gasteiger partial charge in [0.1, 0.15) is 0 Å². The quantitative estimate of drug-likeness (QED) is 0.526. The molecule has 154 valence electrons. The first-order valence-electron chi connectivity index (χ1n) is 10.4. The van der Waals surface area contributed by atoms with E-state index in [0.717, 1.165) is 41.7 Å². The van der Waals surface area contributed by atoms with E-state index >= 15 is 0 Å². The molecule has 0 aromatic carbocycles.